The number of quaternary nitrogens is 1. The van der Waals surface area contributed by atoms with Crippen molar-refractivity contribution in [2.75, 3.05) is 59.1 Å². The SMILES string of the molecule is CC(C)(CC(=O)OC1CCC2(C)C(CCC34C2CC[N+]32C3CCCC3(C(=O)N3CCC(OCCN5CCOCC5)CC3)CC[C@@]42C)C1(C)C)C(=O)O. The molecule has 5 aliphatic heterocycles. The number of carboxylic acids is 1. The summed E-state index contributed by atoms with van der Waals surface area (Å²) in [4.78, 5) is 44.4. The second-order valence-electron chi connectivity index (χ2n) is 20.3. The maximum absolute atomic E-state index is 14.9. The first kappa shape index (κ1) is 37.2. The number of carboxylic acid groups (broad SMARTS) is 1. The number of hydrogen-bond acceptors (Lipinski definition) is 7. The van der Waals surface area contributed by atoms with Gasteiger partial charge < -0.3 is 28.7 Å². The number of carbonyl (C=O) groups is 3. The van der Waals surface area contributed by atoms with E-state index in [9.17, 15) is 19.5 Å². The molecular formula is C42H68N3O7+. The Balaban J connectivity index is 0.953. The van der Waals surface area contributed by atoms with E-state index in [4.69, 9.17) is 14.2 Å². The zero-order valence-electron chi connectivity index (χ0n) is 33.2. The molecule has 0 aromatic carbocycles. The molecule has 292 valence electrons. The second kappa shape index (κ2) is 12.6. The standard InChI is InChI=1S/C42H67N3O7/c1-37(2,36(48)49)28-34(46)52-33-10-15-39(5)30(38(33,3)4)9-16-42-31(39)13-24-45(42)32-8-7-14-41(32,18-17-40(42,45)6)35(47)44-19-11-29(12-20-44)51-27-23-43-21-25-50-26-22-43/h29-33H,7-28H2,1-6H3/p+1/t30?,31?,32?,33?,39?,40-,41?,42?,45?/m0/s1. The smallest absolute Gasteiger partial charge is 0.309 e. The molecule has 1 N–H and O–H groups in total. The molecule has 52 heavy (non-hydrogen) atoms. The van der Waals surface area contributed by atoms with E-state index in [-0.39, 0.29) is 51.9 Å². The second-order valence-corrected chi connectivity index (χ2v) is 20.3. The summed E-state index contributed by atoms with van der Waals surface area (Å²) in [6.45, 7) is 21.2. The van der Waals surface area contributed by atoms with E-state index in [0.29, 0.717) is 23.8 Å². The minimum Gasteiger partial charge on any atom is -0.481 e. The number of fused-ring (bicyclic) bond motifs is 3. The first-order valence-corrected chi connectivity index (χ1v) is 21.1. The molecular weight excluding hydrogens is 658 g/mol. The molecule has 8 unspecified atom stereocenters. The first-order valence-electron chi connectivity index (χ1n) is 21.1. The third-order valence-corrected chi connectivity index (χ3v) is 17.7. The quantitative estimate of drug-likeness (QED) is 0.185. The number of carbonyl (C=O) groups excluding carboxylic acids is 2. The van der Waals surface area contributed by atoms with Crippen molar-refractivity contribution in [1.82, 2.24) is 9.80 Å². The highest BCUT2D eigenvalue weighted by Crippen LogP contribution is 2.84. The van der Waals surface area contributed by atoms with Gasteiger partial charge in [0.25, 0.3) is 0 Å². The van der Waals surface area contributed by atoms with Crippen LogP contribution in [0.4, 0.5) is 0 Å². The lowest BCUT2D eigenvalue weighted by Crippen LogP contribution is -2.61. The van der Waals surface area contributed by atoms with Crippen molar-refractivity contribution in [3.8, 4) is 0 Å². The Labute approximate surface area is 312 Å². The summed E-state index contributed by atoms with van der Waals surface area (Å²) in [7, 11) is 0. The van der Waals surface area contributed by atoms with Gasteiger partial charge in [-0.2, -0.15) is 0 Å². The predicted molar refractivity (Wildman–Crippen MR) is 196 cm³/mol. The van der Waals surface area contributed by atoms with E-state index in [1.807, 2.05) is 0 Å². The van der Waals surface area contributed by atoms with Gasteiger partial charge in [-0.05, 0) is 83.5 Å². The summed E-state index contributed by atoms with van der Waals surface area (Å²) >= 11 is 0. The van der Waals surface area contributed by atoms with Crippen molar-refractivity contribution in [1.29, 1.82) is 0 Å². The molecule has 2 spiro atoms. The number of aliphatic carboxylic acids is 1. The lowest BCUT2D eigenvalue weighted by molar-refractivity contribution is -0.882. The van der Waals surface area contributed by atoms with Gasteiger partial charge in [-0.15, -0.1) is 0 Å². The van der Waals surface area contributed by atoms with Crippen molar-refractivity contribution < 1.29 is 38.2 Å². The Kier molecular flexibility index (Phi) is 9.04. The minimum absolute atomic E-state index is 0.107. The monoisotopic (exact) mass is 727 g/mol. The molecule has 8 rings (SSSR count). The van der Waals surface area contributed by atoms with Crippen molar-refractivity contribution in [3.63, 3.8) is 0 Å². The molecule has 3 saturated carbocycles. The lowest BCUT2D eigenvalue weighted by atomic mass is 9.44. The van der Waals surface area contributed by atoms with Crippen LogP contribution in [0.1, 0.15) is 125 Å². The third-order valence-electron chi connectivity index (χ3n) is 17.7. The van der Waals surface area contributed by atoms with Crippen LogP contribution in [0.15, 0.2) is 0 Å². The average molecular weight is 727 g/mol. The highest BCUT2D eigenvalue weighted by Gasteiger charge is 2.98. The van der Waals surface area contributed by atoms with Crippen LogP contribution in [0.25, 0.3) is 0 Å². The highest BCUT2D eigenvalue weighted by molar-refractivity contribution is 5.84. The van der Waals surface area contributed by atoms with E-state index in [2.05, 4.69) is 37.5 Å². The molecule has 0 radical (unpaired) electrons. The summed E-state index contributed by atoms with van der Waals surface area (Å²) in [5.74, 6) is 0.163. The Morgan fingerprint density at radius 1 is 0.865 bits per heavy atom. The summed E-state index contributed by atoms with van der Waals surface area (Å²) in [6, 6.07) is 0.439. The van der Waals surface area contributed by atoms with Crippen LogP contribution >= 0.6 is 0 Å². The van der Waals surface area contributed by atoms with Gasteiger partial charge in [-0.25, -0.2) is 0 Å². The molecule has 10 heteroatoms. The number of amides is 1. The fraction of sp³-hybridized carbons (Fsp3) is 0.929. The molecule has 8 aliphatic rings. The summed E-state index contributed by atoms with van der Waals surface area (Å²) in [5.41, 5.74) is -0.884. The zero-order chi connectivity index (χ0) is 37.0. The molecule has 5 saturated heterocycles. The number of nitrogens with zero attached hydrogens (tertiary/aromatic N) is 3. The predicted octanol–water partition coefficient (Wildman–Crippen LogP) is 5.66. The maximum Gasteiger partial charge on any atom is 0.309 e. The van der Waals surface area contributed by atoms with Gasteiger partial charge in [0, 0.05) is 69.7 Å². The number of hydrogen-bond donors (Lipinski definition) is 1. The van der Waals surface area contributed by atoms with Gasteiger partial charge in [0.05, 0.1) is 44.3 Å². The van der Waals surface area contributed by atoms with Crippen molar-refractivity contribution in [3.05, 3.63) is 0 Å². The fourth-order valence-electron chi connectivity index (χ4n) is 15.2. The van der Waals surface area contributed by atoms with Crippen LogP contribution < -0.4 is 0 Å². The van der Waals surface area contributed by atoms with Gasteiger partial charge in [-0.3, -0.25) is 19.3 Å². The largest absolute Gasteiger partial charge is 0.481 e. The Bertz CT molecular complexity index is 1440. The number of morpholine rings is 1. The fourth-order valence-corrected chi connectivity index (χ4v) is 15.2. The minimum atomic E-state index is -1.14. The van der Waals surface area contributed by atoms with Gasteiger partial charge in [0.15, 0.2) is 11.1 Å². The van der Waals surface area contributed by atoms with E-state index >= 15 is 0 Å². The Morgan fingerprint density at radius 2 is 1.60 bits per heavy atom. The first-order chi connectivity index (χ1) is 24.6. The van der Waals surface area contributed by atoms with Crippen LogP contribution in [0.2, 0.25) is 0 Å². The van der Waals surface area contributed by atoms with Crippen LogP contribution in [0, 0.1) is 33.5 Å². The summed E-state index contributed by atoms with van der Waals surface area (Å²) in [5, 5.41) is 9.61. The number of rotatable bonds is 9. The van der Waals surface area contributed by atoms with Gasteiger partial charge in [0.1, 0.15) is 17.6 Å². The Hall–Kier alpha value is -1.75. The van der Waals surface area contributed by atoms with Crippen LogP contribution in [-0.2, 0) is 28.6 Å². The van der Waals surface area contributed by atoms with Gasteiger partial charge in [0.2, 0.25) is 5.91 Å². The van der Waals surface area contributed by atoms with Gasteiger partial charge in [-0.1, -0.05) is 20.8 Å². The van der Waals surface area contributed by atoms with E-state index in [1.54, 1.807) is 13.8 Å². The van der Waals surface area contributed by atoms with Crippen molar-refractivity contribution in [2.45, 2.75) is 154 Å². The molecule has 0 bridgehead atoms. The Morgan fingerprint density at radius 3 is 2.31 bits per heavy atom. The molecule has 10 nitrogen and oxygen atoms in total. The maximum atomic E-state index is 14.9. The number of likely N-dealkylation sites (tertiary alicyclic amines) is 1. The molecule has 5 heterocycles. The molecule has 1 amide bonds. The number of esters is 1. The van der Waals surface area contributed by atoms with Gasteiger partial charge >= 0.3 is 11.9 Å². The summed E-state index contributed by atoms with van der Waals surface area (Å²) < 4.78 is 19.2. The molecule has 9 atom stereocenters. The molecule has 3 aliphatic carbocycles. The van der Waals surface area contributed by atoms with Crippen molar-refractivity contribution in [2.24, 2.45) is 33.5 Å². The van der Waals surface area contributed by atoms with E-state index < -0.39 is 11.4 Å². The zero-order valence-corrected chi connectivity index (χ0v) is 33.2. The highest BCUT2D eigenvalue weighted by atomic mass is 16.5. The summed E-state index contributed by atoms with van der Waals surface area (Å²) in [6.07, 6.45) is 12.9. The average Bonchev–Trinajstić information content (AvgIpc) is 3.47. The topological polar surface area (TPSA) is 106 Å². The normalized spacial score (nSPS) is 44.2. The molecule has 0 aromatic heterocycles. The van der Waals surface area contributed by atoms with Crippen LogP contribution in [0.3, 0.4) is 0 Å². The number of piperidine rings is 3. The van der Waals surface area contributed by atoms with E-state index in [1.165, 1.54) is 36.7 Å². The van der Waals surface area contributed by atoms with E-state index in [0.717, 1.165) is 104 Å². The van der Waals surface area contributed by atoms with Crippen molar-refractivity contribution >= 4 is 17.8 Å². The molecule has 8 fully saturated rings. The molecule has 0 aromatic rings. The van der Waals surface area contributed by atoms with Crippen LogP contribution in [0.5, 0.6) is 0 Å². The lowest BCUT2D eigenvalue weighted by Gasteiger charge is -2.59. The van der Waals surface area contributed by atoms with Crippen LogP contribution in [-0.4, -0.2) is 126 Å². The number of ether oxygens (including phenoxy) is 3. The third kappa shape index (κ3) is 5.04.